The summed E-state index contributed by atoms with van der Waals surface area (Å²) in [6, 6.07) is 16.3. The van der Waals surface area contributed by atoms with Gasteiger partial charge in [0, 0.05) is 34.3 Å². The normalized spacial score (nSPS) is 11.9. The number of hydrogen-bond donors (Lipinski definition) is 2. The molecule has 0 amide bonds. The molecule has 0 bridgehead atoms. The van der Waals surface area contributed by atoms with Gasteiger partial charge in [0.25, 0.3) is 0 Å². The summed E-state index contributed by atoms with van der Waals surface area (Å²) in [5, 5.41) is 23.5. The van der Waals surface area contributed by atoms with Gasteiger partial charge in [-0.2, -0.15) is 4.73 Å². The molecule has 0 aliphatic rings. The van der Waals surface area contributed by atoms with Crippen LogP contribution in [0.2, 0.25) is 5.02 Å². The Labute approximate surface area is 215 Å². The first-order chi connectivity index (χ1) is 17.4. The number of aromatic nitrogens is 1. The van der Waals surface area contributed by atoms with E-state index in [4.69, 9.17) is 26.1 Å². The molecule has 0 fully saturated rings. The summed E-state index contributed by atoms with van der Waals surface area (Å²) in [5.41, 5.74) is 3.41. The topological polar surface area (TPSA) is 79.5 Å². The molecule has 0 spiro atoms. The fraction of sp³-hybridized carbons (Fsp3) is 0.250. The van der Waals surface area contributed by atoms with Crippen LogP contribution in [0.1, 0.15) is 19.4 Å². The second kappa shape index (κ2) is 10.9. The zero-order chi connectivity index (χ0) is 25.8. The quantitative estimate of drug-likeness (QED) is 0.286. The Morgan fingerprint density at radius 2 is 1.69 bits per heavy atom. The third-order valence-electron chi connectivity index (χ3n) is 6.26. The van der Waals surface area contributed by atoms with E-state index in [0.29, 0.717) is 45.2 Å². The highest BCUT2D eigenvalue weighted by atomic mass is 35.5. The van der Waals surface area contributed by atoms with Gasteiger partial charge in [0.15, 0.2) is 11.5 Å². The summed E-state index contributed by atoms with van der Waals surface area (Å²) in [5.74, 6) is 1.38. The number of ether oxygens (including phenoxy) is 2. The maximum atomic E-state index is 11.3. The van der Waals surface area contributed by atoms with Gasteiger partial charge in [-0.05, 0) is 67.2 Å². The molecule has 1 aromatic heterocycles. The van der Waals surface area contributed by atoms with Crippen molar-refractivity contribution in [2.45, 2.75) is 20.4 Å². The highest BCUT2D eigenvalue weighted by Crippen LogP contribution is 2.40. The molecule has 3 aromatic carbocycles. The number of phenols is 1. The number of aromatic hydroxyl groups is 1. The van der Waals surface area contributed by atoms with E-state index in [9.17, 15) is 10.3 Å². The molecule has 4 rings (SSSR count). The standard InChI is InChI=1S/C28H30ClN3O4/c1-5-31(6-2)17-19-13-21(30-24-11-12-32(34)25-15-20(29)8-9-22(24)25)16-23(28(19)33)18-7-10-26(35-3)27(14-18)36-4/h7-16,33-34H,5-6,17H2,1-4H3. The maximum absolute atomic E-state index is 11.3. The average molecular weight is 508 g/mol. The molecule has 0 saturated heterocycles. The number of halogens is 1. The Morgan fingerprint density at radius 3 is 2.39 bits per heavy atom. The Kier molecular flexibility index (Phi) is 7.72. The van der Waals surface area contributed by atoms with Crippen LogP contribution in [-0.2, 0) is 6.54 Å². The molecule has 2 N–H and O–H groups in total. The van der Waals surface area contributed by atoms with Crippen molar-refractivity contribution in [3.05, 3.63) is 76.7 Å². The fourth-order valence-corrected chi connectivity index (χ4v) is 4.40. The summed E-state index contributed by atoms with van der Waals surface area (Å²) in [7, 11) is 3.17. The van der Waals surface area contributed by atoms with Gasteiger partial charge in [0.2, 0.25) is 0 Å². The van der Waals surface area contributed by atoms with E-state index in [2.05, 4.69) is 18.7 Å². The summed E-state index contributed by atoms with van der Waals surface area (Å²) >= 11 is 6.15. The van der Waals surface area contributed by atoms with Crippen LogP contribution in [0.15, 0.2) is 65.8 Å². The number of methoxy groups -OCH3 is 2. The lowest BCUT2D eigenvalue weighted by atomic mass is 9.99. The predicted octanol–water partition coefficient (Wildman–Crippen LogP) is 6.00. The van der Waals surface area contributed by atoms with Crippen molar-refractivity contribution >= 4 is 28.2 Å². The highest BCUT2D eigenvalue weighted by Gasteiger charge is 2.16. The van der Waals surface area contributed by atoms with Gasteiger partial charge < -0.3 is 19.8 Å². The number of benzene rings is 3. The van der Waals surface area contributed by atoms with Gasteiger partial charge >= 0.3 is 0 Å². The van der Waals surface area contributed by atoms with E-state index in [1.807, 2.05) is 36.4 Å². The van der Waals surface area contributed by atoms with Crippen LogP contribution in [0, 0.1) is 0 Å². The first kappa shape index (κ1) is 25.4. The third-order valence-corrected chi connectivity index (χ3v) is 6.50. The predicted molar refractivity (Wildman–Crippen MR) is 143 cm³/mol. The van der Waals surface area contributed by atoms with Crippen LogP contribution in [0.5, 0.6) is 17.2 Å². The molecule has 8 heteroatoms. The number of phenolic OH excluding ortho intramolecular Hbond substituents is 1. The molecule has 0 radical (unpaired) electrons. The minimum absolute atomic E-state index is 0.200. The molecule has 4 aromatic rings. The van der Waals surface area contributed by atoms with E-state index >= 15 is 0 Å². The summed E-state index contributed by atoms with van der Waals surface area (Å²) in [6.07, 6.45) is 1.53. The third kappa shape index (κ3) is 5.12. The van der Waals surface area contributed by atoms with Crippen molar-refractivity contribution in [1.82, 2.24) is 9.63 Å². The number of hydrogen-bond acceptors (Lipinski definition) is 6. The first-order valence-electron chi connectivity index (χ1n) is 11.7. The van der Waals surface area contributed by atoms with E-state index < -0.39 is 0 Å². The molecule has 0 atom stereocenters. The first-order valence-corrected chi connectivity index (χ1v) is 12.1. The van der Waals surface area contributed by atoms with Crippen LogP contribution >= 0.6 is 11.6 Å². The molecule has 7 nitrogen and oxygen atoms in total. The Balaban J connectivity index is 1.95. The maximum Gasteiger partial charge on any atom is 0.161 e. The van der Waals surface area contributed by atoms with E-state index in [1.165, 1.54) is 6.20 Å². The van der Waals surface area contributed by atoms with Crippen molar-refractivity contribution in [2.24, 2.45) is 4.99 Å². The fourth-order valence-electron chi connectivity index (χ4n) is 4.23. The SMILES string of the molecule is CCN(CC)Cc1cc(N=c2ccn(O)c3cc(Cl)ccc23)cc(-c2ccc(OC)c(OC)c2)c1O. The largest absolute Gasteiger partial charge is 0.507 e. The second-order valence-corrected chi connectivity index (χ2v) is 8.79. The minimum atomic E-state index is 0.200. The Hall–Kier alpha value is -3.68. The van der Waals surface area contributed by atoms with E-state index in [1.54, 1.807) is 32.4 Å². The monoisotopic (exact) mass is 507 g/mol. The zero-order valence-electron chi connectivity index (χ0n) is 20.8. The van der Waals surface area contributed by atoms with Crippen molar-refractivity contribution in [3.8, 4) is 28.4 Å². The lowest BCUT2D eigenvalue weighted by Gasteiger charge is -2.20. The molecular weight excluding hydrogens is 478 g/mol. The number of nitrogens with zero attached hydrogens (tertiary/aromatic N) is 3. The molecule has 1 heterocycles. The number of fused-ring (bicyclic) bond motifs is 1. The van der Waals surface area contributed by atoms with Gasteiger partial charge in [-0.25, -0.2) is 4.99 Å². The molecule has 188 valence electrons. The van der Waals surface area contributed by atoms with Crippen LogP contribution in [-0.4, -0.2) is 47.3 Å². The van der Waals surface area contributed by atoms with Gasteiger partial charge in [-0.1, -0.05) is 31.5 Å². The summed E-state index contributed by atoms with van der Waals surface area (Å²) in [6.45, 7) is 6.46. The number of pyridine rings is 1. The van der Waals surface area contributed by atoms with Crippen molar-refractivity contribution in [2.75, 3.05) is 27.3 Å². The van der Waals surface area contributed by atoms with E-state index in [-0.39, 0.29) is 5.75 Å². The molecule has 0 saturated carbocycles. The average Bonchev–Trinajstić information content (AvgIpc) is 2.90. The number of rotatable bonds is 8. The lowest BCUT2D eigenvalue weighted by molar-refractivity contribution is 0.198. The Morgan fingerprint density at radius 1 is 0.944 bits per heavy atom. The van der Waals surface area contributed by atoms with Gasteiger partial charge in [-0.15, -0.1) is 0 Å². The van der Waals surface area contributed by atoms with Crippen molar-refractivity contribution in [1.29, 1.82) is 0 Å². The summed E-state index contributed by atoms with van der Waals surface area (Å²) < 4.78 is 11.9. The van der Waals surface area contributed by atoms with Gasteiger partial charge in [0.1, 0.15) is 5.75 Å². The summed E-state index contributed by atoms with van der Waals surface area (Å²) in [4.78, 5) is 7.14. The van der Waals surface area contributed by atoms with Crippen molar-refractivity contribution < 1.29 is 19.8 Å². The second-order valence-electron chi connectivity index (χ2n) is 8.35. The molecule has 36 heavy (non-hydrogen) atoms. The van der Waals surface area contributed by atoms with Gasteiger partial charge in [-0.3, -0.25) is 4.90 Å². The van der Waals surface area contributed by atoms with Crippen LogP contribution in [0.3, 0.4) is 0 Å². The van der Waals surface area contributed by atoms with E-state index in [0.717, 1.165) is 34.3 Å². The molecule has 0 aliphatic carbocycles. The van der Waals surface area contributed by atoms with Crippen molar-refractivity contribution in [3.63, 3.8) is 0 Å². The minimum Gasteiger partial charge on any atom is -0.507 e. The Bertz CT molecular complexity index is 1460. The zero-order valence-corrected chi connectivity index (χ0v) is 21.6. The highest BCUT2D eigenvalue weighted by molar-refractivity contribution is 6.31. The lowest BCUT2D eigenvalue weighted by Crippen LogP contribution is -2.22. The van der Waals surface area contributed by atoms with Crippen LogP contribution in [0.4, 0.5) is 5.69 Å². The molecule has 0 aliphatic heterocycles. The molecule has 0 unspecified atom stereocenters. The van der Waals surface area contributed by atoms with Crippen LogP contribution in [0.25, 0.3) is 22.0 Å². The molecular formula is C28H30ClN3O4. The van der Waals surface area contributed by atoms with Gasteiger partial charge in [0.05, 0.1) is 30.8 Å². The van der Waals surface area contributed by atoms with Crippen LogP contribution < -0.4 is 14.8 Å². The smallest absolute Gasteiger partial charge is 0.161 e.